The summed E-state index contributed by atoms with van der Waals surface area (Å²) < 4.78 is 7.57. The van der Waals surface area contributed by atoms with Gasteiger partial charge in [0.1, 0.15) is 5.75 Å². The lowest BCUT2D eigenvalue weighted by atomic mass is 10.1. The molecule has 1 heterocycles. The van der Waals surface area contributed by atoms with Gasteiger partial charge >= 0.3 is 0 Å². The largest absolute Gasteiger partial charge is 0.497 e. The lowest BCUT2D eigenvalue weighted by Gasteiger charge is -2.06. The predicted octanol–water partition coefficient (Wildman–Crippen LogP) is 2.82. The highest BCUT2D eigenvalue weighted by atomic mass is 16.5. The molecule has 0 unspecified atom stereocenters. The van der Waals surface area contributed by atoms with Crippen molar-refractivity contribution in [3.05, 3.63) is 42.1 Å². The molecule has 0 bridgehead atoms. The monoisotopic (exact) mass is 286 g/mol. The first kappa shape index (κ1) is 15.2. The summed E-state index contributed by atoms with van der Waals surface area (Å²) in [4.78, 5) is 11.0. The molecule has 0 aliphatic carbocycles. The van der Waals surface area contributed by atoms with Crippen molar-refractivity contribution in [1.29, 1.82) is 0 Å². The number of carbonyl (C=O) groups is 1. The molecule has 0 spiro atoms. The number of nitrogens with zero attached hydrogens (tertiary/aromatic N) is 1. The summed E-state index contributed by atoms with van der Waals surface area (Å²) in [5.74, 6) is 0.846. The number of carbonyl (C=O) groups excluding carboxylic acids is 1. The highest BCUT2D eigenvalue weighted by Gasteiger charge is 2.14. The molecule has 0 radical (unpaired) electrons. The summed E-state index contributed by atoms with van der Waals surface area (Å²) in [6.07, 6.45) is 2.70. The molecule has 0 fully saturated rings. The number of hydrogen-bond acceptors (Lipinski definition) is 2. The van der Waals surface area contributed by atoms with Crippen LogP contribution in [0.15, 0.2) is 30.9 Å². The van der Waals surface area contributed by atoms with Crippen LogP contribution >= 0.6 is 0 Å². The maximum Gasteiger partial charge on any atom is 0.216 e. The van der Waals surface area contributed by atoms with E-state index in [4.69, 9.17) is 4.74 Å². The fraction of sp³-hybridized carbons (Fsp3) is 0.353. The van der Waals surface area contributed by atoms with Crippen molar-refractivity contribution in [2.75, 3.05) is 13.7 Å². The van der Waals surface area contributed by atoms with Crippen molar-refractivity contribution in [3.8, 4) is 5.75 Å². The maximum atomic E-state index is 11.0. The SMILES string of the molecule is C=CCn1c(C)c(CCNC(C)=O)c2cc(OC)ccc21. The molecule has 0 saturated heterocycles. The molecule has 112 valence electrons. The Morgan fingerprint density at radius 3 is 2.86 bits per heavy atom. The Balaban J connectivity index is 2.47. The molecule has 4 heteroatoms. The number of amides is 1. The van der Waals surface area contributed by atoms with E-state index in [0.29, 0.717) is 6.54 Å². The van der Waals surface area contributed by atoms with Gasteiger partial charge in [0, 0.05) is 36.6 Å². The average Bonchev–Trinajstić information content (AvgIpc) is 2.72. The highest BCUT2D eigenvalue weighted by Crippen LogP contribution is 2.29. The number of aromatic nitrogens is 1. The Morgan fingerprint density at radius 1 is 1.48 bits per heavy atom. The molecule has 0 atom stereocenters. The third-order valence-corrected chi connectivity index (χ3v) is 3.72. The second kappa shape index (κ2) is 6.48. The fourth-order valence-corrected chi connectivity index (χ4v) is 2.70. The van der Waals surface area contributed by atoms with Crippen LogP contribution in [0.5, 0.6) is 5.75 Å². The Morgan fingerprint density at radius 2 is 2.24 bits per heavy atom. The molecule has 1 aromatic heterocycles. The summed E-state index contributed by atoms with van der Waals surface area (Å²) in [5.41, 5.74) is 3.63. The third-order valence-electron chi connectivity index (χ3n) is 3.72. The number of methoxy groups -OCH3 is 1. The molecule has 0 saturated carbocycles. The Labute approximate surface area is 125 Å². The topological polar surface area (TPSA) is 43.3 Å². The van der Waals surface area contributed by atoms with Gasteiger partial charge in [0.15, 0.2) is 0 Å². The molecule has 0 aliphatic heterocycles. The van der Waals surface area contributed by atoms with Gasteiger partial charge in [-0.05, 0) is 37.1 Å². The Hall–Kier alpha value is -2.23. The number of allylic oxidation sites excluding steroid dienone is 1. The fourth-order valence-electron chi connectivity index (χ4n) is 2.70. The van der Waals surface area contributed by atoms with E-state index in [1.165, 1.54) is 29.1 Å². The van der Waals surface area contributed by atoms with Crippen LogP contribution < -0.4 is 10.1 Å². The molecule has 21 heavy (non-hydrogen) atoms. The molecular formula is C17H22N2O2. The minimum atomic E-state index is 0.0000587. The standard InChI is InChI=1S/C17H22N2O2/c1-5-10-19-12(2)15(8-9-18-13(3)20)16-11-14(21-4)6-7-17(16)19/h5-7,11H,1,8-10H2,2-4H3,(H,18,20). The lowest BCUT2D eigenvalue weighted by molar-refractivity contribution is -0.118. The molecule has 2 aromatic rings. The molecule has 2 rings (SSSR count). The minimum Gasteiger partial charge on any atom is -0.497 e. The number of fused-ring (bicyclic) bond motifs is 1. The predicted molar refractivity (Wildman–Crippen MR) is 85.8 cm³/mol. The van der Waals surface area contributed by atoms with Gasteiger partial charge in [0.25, 0.3) is 0 Å². The maximum absolute atomic E-state index is 11.0. The van der Waals surface area contributed by atoms with E-state index in [0.717, 1.165) is 18.7 Å². The first-order valence-electron chi connectivity index (χ1n) is 7.09. The van der Waals surface area contributed by atoms with Crippen LogP contribution in [0.25, 0.3) is 10.9 Å². The zero-order chi connectivity index (χ0) is 15.4. The van der Waals surface area contributed by atoms with Gasteiger partial charge in [-0.1, -0.05) is 6.08 Å². The summed E-state index contributed by atoms with van der Waals surface area (Å²) >= 11 is 0. The van der Waals surface area contributed by atoms with Crippen LogP contribution in [0.3, 0.4) is 0 Å². The van der Waals surface area contributed by atoms with Crippen molar-refractivity contribution < 1.29 is 9.53 Å². The van der Waals surface area contributed by atoms with Crippen molar-refractivity contribution in [2.24, 2.45) is 0 Å². The number of rotatable bonds is 6. The van der Waals surface area contributed by atoms with Gasteiger partial charge in [-0.3, -0.25) is 4.79 Å². The second-order valence-electron chi connectivity index (χ2n) is 5.08. The van der Waals surface area contributed by atoms with Crippen molar-refractivity contribution >= 4 is 16.8 Å². The zero-order valence-electron chi connectivity index (χ0n) is 12.9. The van der Waals surface area contributed by atoms with Crippen molar-refractivity contribution in [2.45, 2.75) is 26.8 Å². The van der Waals surface area contributed by atoms with Crippen LogP contribution in [0, 0.1) is 6.92 Å². The van der Waals surface area contributed by atoms with E-state index in [9.17, 15) is 4.79 Å². The summed E-state index contributed by atoms with van der Waals surface area (Å²) in [5, 5.41) is 4.04. The molecular weight excluding hydrogens is 264 g/mol. The highest BCUT2D eigenvalue weighted by molar-refractivity contribution is 5.87. The number of hydrogen-bond donors (Lipinski definition) is 1. The summed E-state index contributed by atoms with van der Waals surface area (Å²) in [6, 6.07) is 6.11. The number of nitrogens with one attached hydrogen (secondary N) is 1. The van der Waals surface area contributed by atoms with Gasteiger partial charge in [0.05, 0.1) is 7.11 Å². The number of ether oxygens (including phenoxy) is 1. The molecule has 1 N–H and O–H groups in total. The molecule has 0 aliphatic rings. The van der Waals surface area contributed by atoms with Gasteiger partial charge < -0.3 is 14.6 Å². The van der Waals surface area contributed by atoms with Crippen molar-refractivity contribution in [3.63, 3.8) is 0 Å². The van der Waals surface area contributed by atoms with E-state index in [2.05, 4.69) is 35.5 Å². The average molecular weight is 286 g/mol. The smallest absolute Gasteiger partial charge is 0.216 e. The van der Waals surface area contributed by atoms with E-state index in [1.807, 2.05) is 12.1 Å². The third kappa shape index (κ3) is 3.10. The van der Waals surface area contributed by atoms with Crippen molar-refractivity contribution in [1.82, 2.24) is 9.88 Å². The number of benzene rings is 1. The molecule has 1 amide bonds. The van der Waals surface area contributed by atoms with E-state index < -0.39 is 0 Å². The van der Waals surface area contributed by atoms with Crippen LogP contribution in [0.4, 0.5) is 0 Å². The van der Waals surface area contributed by atoms with Gasteiger partial charge in [-0.25, -0.2) is 0 Å². The summed E-state index contributed by atoms with van der Waals surface area (Å²) in [7, 11) is 1.67. The van der Waals surface area contributed by atoms with Crippen LogP contribution in [-0.2, 0) is 17.8 Å². The van der Waals surface area contributed by atoms with Gasteiger partial charge in [0.2, 0.25) is 5.91 Å². The molecule has 1 aromatic carbocycles. The Kier molecular flexibility index (Phi) is 4.68. The minimum absolute atomic E-state index is 0.0000587. The quantitative estimate of drug-likeness (QED) is 0.830. The molecule has 4 nitrogen and oxygen atoms in total. The van der Waals surface area contributed by atoms with E-state index in [1.54, 1.807) is 7.11 Å². The van der Waals surface area contributed by atoms with Crippen LogP contribution in [-0.4, -0.2) is 24.1 Å². The van der Waals surface area contributed by atoms with Gasteiger partial charge in [-0.2, -0.15) is 0 Å². The zero-order valence-corrected chi connectivity index (χ0v) is 12.9. The first-order valence-corrected chi connectivity index (χ1v) is 7.09. The normalized spacial score (nSPS) is 10.6. The van der Waals surface area contributed by atoms with Crippen LogP contribution in [0.1, 0.15) is 18.2 Å². The second-order valence-corrected chi connectivity index (χ2v) is 5.08. The van der Waals surface area contributed by atoms with Gasteiger partial charge in [-0.15, -0.1) is 6.58 Å². The first-order chi connectivity index (χ1) is 10.1. The summed E-state index contributed by atoms with van der Waals surface area (Å²) in [6.45, 7) is 8.89. The van der Waals surface area contributed by atoms with E-state index in [-0.39, 0.29) is 5.91 Å². The van der Waals surface area contributed by atoms with E-state index >= 15 is 0 Å². The lowest BCUT2D eigenvalue weighted by Crippen LogP contribution is -2.22. The Bertz CT molecular complexity index is 671. The van der Waals surface area contributed by atoms with Crippen LogP contribution in [0.2, 0.25) is 0 Å².